The van der Waals surface area contributed by atoms with Crippen LogP contribution in [0.25, 0.3) is 0 Å². The van der Waals surface area contributed by atoms with Crippen LogP contribution in [0.1, 0.15) is 12.8 Å². The fourth-order valence-electron chi connectivity index (χ4n) is 3.03. The lowest BCUT2D eigenvalue weighted by Gasteiger charge is -2.42. The van der Waals surface area contributed by atoms with Gasteiger partial charge < -0.3 is 49.6 Å². The molecule has 6 N–H and O–H groups in total. The number of rotatable bonds is 5. The van der Waals surface area contributed by atoms with Crippen molar-refractivity contribution in [3.05, 3.63) is 0 Å². The molecule has 142 valence electrons. The average molecular weight is 354 g/mol. The number of aliphatic hydroxyl groups excluding tert-OH is 6. The number of hydrogen-bond donors (Lipinski definition) is 6. The Morgan fingerprint density at radius 3 is 1.21 bits per heavy atom. The fourth-order valence-corrected chi connectivity index (χ4v) is 3.03. The molecule has 0 spiro atoms. The Bertz CT molecular complexity index is 356. The topological polar surface area (TPSA) is 158 Å². The molecule has 2 fully saturated rings. The molecule has 10 heteroatoms. The molecule has 0 bridgehead atoms. The highest BCUT2D eigenvalue weighted by Gasteiger charge is 2.46. The quantitative estimate of drug-likeness (QED) is 0.295. The van der Waals surface area contributed by atoms with E-state index < -0.39 is 61.4 Å². The van der Waals surface area contributed by atoms with Gasteiger partial charge in [0.1, 0.15) is 36.6 Å². The predicted molar refractivity (Wildman–Crippen MR) is 76.6 cm³/mol. The molecule has 0 saturated carbocycles. The first-order valence-corrected chi connectivity index (χ1v) is 7.76. The Kier molecular flexibility index (Phi) is 6.90. The number of hydrogen-bond acceptors (Lipinski definition) is 10. The van der Waals surface area contributed by atoms with E-state index in [9.17, 15) is 30.6 Å². The van der Waals surface area contributed by atoms with Crippen LogP contribution in [0.5, 0.6) is 0 Å². The van der Waals surface area contributed by atoms with E-state index in [-0.39, 0.29) is 12.8 Å². The van der Waals surface area contributed by atoms with Crippen LogP contribution in [0, 0.1) is 0 Å². The minimum Gasteiger partial charge on any atom is -0.388 e. The summed E-state index contributed by atoms with van der Waals surface area (Å²) < 4.78 is 20.6. The van der Waals surface area contributed by atoms with Gasteiger partial charge in [0.15, 0.2) is 12.6 Å². The molecular formula is C14H26O10. The number of aliphatic hydroxyl groups is 6. The zero-order valence-corrected chi connectivity index (χ0v) is 13.5. The summed E-state index contributed by atoms with van der Waals surface area (Å²) in [7, 11) is 2.59. The average Bonchev–Trinajstić information content (AvgIpc) is 2.58. The first kappa shape index (κ1) is 19.9. The van der Waals surface area contributed by atoms with Crippen molar-refractivity contribution in [1.82, 2.24) is 0 Å². The van der Waals surface area contributed by atoms with Crippen molar-refractivity contribution in [2.24, 2.45) is 0 Å². The molecule has 0 aromatic carbocycles. The second kappa shape index (κ2) is 8.32. The largest absolute Gasteiger partial charge is 0.388 e. The van der Waals surface area contributed by atoms with Crippen molar-refractivity contribution in [3.63, 3.8) is 0 Å². The van der Waals surface area contributed by atoms with Crippen LogP contribution in [-0.4, -0.2) is 106 Å². The Hall–Kier alpha value is -0.400. The lowest BCUT2D eigenvalue weighted by Crippen LogP contribution is -2.59. The van der Waals surface area contributed by atoms with Gasteiger partial charge in [-0.15, -0.1) is 0 Å². The van der Waals surface area contributed by atoms with E-state index in [1.54, 1.807) is 0 Å². The van der Waals surface area contributed by atoms with Crippen LogP contribution in [0.15, 0.2) is 0 Å². The third-order valence-electron chi connectivity index (χ3n) is 4.54. The van der Waals surface area contributed by atoms with Crippen LogP contribution in [0.2, 0.25) is 0 Å². The van der Waals surface area contributed by atoms with Gasteiger partial charge in [0.2, 0.25) is 0 Å². The van der Waals surface area contributed by atoms with Crippen LogP contribution in [0.4, 0.5) is 0 Å². The molecule has 24 heavy (non-hydrogen) atoms. The minimum atomic E-state index is -1.44. The van der Waals surface area contributed by atoms with Gasteiger partial charge in [-0.05, 0) is 12.8 Å². The van der Waals surface area contributed by atoms with Gasteiger partial charge in [-0.1, -0.05) is 0 Å². The summed E-state index contributed by atoms with van der Waals surface area (Å²) in [5, 5.41) is 59.1. The first-order chi connectivity index (χ1) is 11.3. The SMILES string of the molecule is CO[C@H]1O[C@H](CC[C@H]2O[C@H](OC)[C@H](O)[C@H](O)[C@@H]2O)[C@@H](O)[C@@H](O)[C@H]1O. The maximum absolute atomic E-state index is 10.0. The highest BCUT2D eigenvalue weighted by atomic mass is 16.7. The molecule has 0 amide bonds. The molecule has 10 atom stereocenters. The first-order valence-electron chi connectivity index (χ1n) is 7.76. The lowest BCUT2D eigenvalue weighted by molar-refractivity contribution is -0.302. The van der Waals surface area contributed by atoms with Crippen LogP contribution in [0.3, 0.4) is 0 Å². The summed E-state index contributed by atoms with van der Waals surface area (Å²) in [6, 6.07) is 0. The Morgan fingerprint density at radius 1 is 0.583 bits per heavy atom. The standard InChI is InChI=1S/C14H26O10/c1-21-13-11(19)9(17)7(15)5(23-13)3-4-6-8(16)10(18)12(20)14(22-2)24-6/h5-20H,3-4H2,1-2H3/t5-,6-,7-,8-,9-,10-,11-,12-,13+,14+/m1/s1. The summed E-state index contributed by atoms with van der Waals surface area (Å²) in [5.74, 6) is 0. The molecule has 0 aromatic heterocycles. The van der Waals surface area contributed by atoms with Crippen molar-refractivity contribution >= 4 is 0 Å². The lowest BCUT2D eigenvalue weighted by atomic mass is 9.91. The molecule has 2 rings (SSSR count). The van der Waals surface area contributed by atoms with Crippen molar-refractivity contribution in [2.75, 3.05) is 14.2 Å². The smallest absolute Gasteiger partial charge is 0.186 e. The van der Waals surface area contributed by atoms with Crippen molar-refractivity contribution in [3.8, 4) is 0 Å². The van der Waals surface area contributed by atoms with E-state index in [0.717, 1.165) is 0 Å². The molecular weight excluding hydrogens is 328 g/mol. The predicted octanol–water partition coefficient (Wildman–Crippen LogP) is -3.33. The molecule has 0 unspecified atom stereocenters. The molecule has 2 heterocycles. The fraction of sp³-hybridized carbons (Fsp3) is 1.00. The molecule has 2 saturated heterocycles. The van der Waals surface area contributed by atoms with Crippen LogP contribution >= 0.6 is 0 Å². The van der Waals surface area contributed by atoms with E-state index >= 15 is 0 Å². The third kappa shape index (κ3) is 3.88. The second-order valence-electron chi connectivity index (χ2n) is 6.08. The zero-order valence-electron chi connectivity index (χ0n) is 13.5. The van der Waals surface area contributed by atoms with Crippen LogP contribution in [-0.2, 0) is 18.9 Å². The van der Waals surface area contributed by atoms with Gasteiger partial charge in [0.25, 0.3) is 0 Å². The summed E-state index contributed by atoms with van der Waals surface area (Å²) >= 11 is 0. The van der Waals surface area contributed by atoms with Crippen molar-refractivity contribution in [2.45, 2.75) is 74.3 Å². The van der Waals surface area contributed by atoms with Gasteiger partial charge in [0, 0.05) is 14.2 Å². The zero-order chi connectivity index (χ0) is 18.0. The minimum absolute atomic E-state index is 0.145. The normalized spacial score (nSPS) is 50.0. The van der Waals surface area contributed by atoms with Crippen LogP contribution < -0.4 is 0 Å². The molecule has 10 nitrogen and oxygen atoms in total. The second-order valence-corrected chi connectivity index (χ2v) is 6.08. The van der Waals surface area contributed by atoms with Gasteiger partial charge in [0.05, 0.1) is 12.2 Å². The molecule has 2 aliphatic rings. The molecule has 0 radical (unpaired) electrons. The highest BCUT2D eigenvalue weighted by molar-refractivity contribution is 4.92. The van der Waals surface area contributed by atoms with Crippen molar-refractivity contribution < 1.29 is 49.6 Å². The van der Waals surface area contributed by atoms with E-state index in [1.807, 2.05) is 0 Å². The summed E-state index contributed by atoms with van der Waals surface area (Å²) in [4.78, 5) is 0. The molecule has 0 aliphatic carbocycles. The van der Waals surface area contributed by atoms with E-state index in [0.29, 0.717) is 0 Å². The Labute approximate surface area is 139 Å². The van der Waals surface area contributed by atoms with Gasteiger partial charge >= 0.3 is 0 Å². The Morgan fingerprint density at radius 2 is 0.917 bits per heavy atom. The summed E-state index contributed by atoms with van der Waals surface area (Å²) in [6.45, 7) is 0. The van der Waals surface area contributed by atoms with E-state index in [2.05, 4.69) is 0 Å². The number of methoxy groups -OCH3 is 2. The van der Waals surface area contributed by atoms with Gasteiger partial charge in [-0.25, -0.2) is 0 Å². The van der Waals surface area contributed by atoms with Gasteiger partial charge in [-0.2, -0.15) is 0 Å². The van der Waals surface area contributed by atoms with Crippen molar-refractivity contribution in [1.29, 1.82) is 0 Å². The maximum atomic E-state index is 10.0. The van der Waals surface area contributed by atoms with E-state index in [1.165, 1.54) is 14.2 Å². The molecule has 2 aliphatic heterocycles. The highest BCUT2D eigenvalue weighted by Crippen LogP contribution is 2.29. The monoisotopic (exact) mass is 354 g/mol. The maximum Gasteiger partial charge on any atom is 0.186 e. The summed E-state index contributed by atoms with van der Waals surface area (Å²) in [5.41, 5.74) is 0. The van der Waals surface area contributed by atoms with Gasteiger partial charge in [-0.3, -0.25) is 0 Å². The third-order valence-corrected chi connectivity index (χ3v) is 4.54. The summed E-state index contributed by atoms with van der Waals surface area (Å²) in [6.07, 6.45) is -12.0. The molecule has 0 aromatic rings. The number of ether oxygens (including phenoxy) is 4. The Balaban J connectivity index is 1.96. The van der Waals surface area contributed by atoms with E-state index in [4.69, 9.17) is 18.9 Å².